The highest BCUT2D eigenvalue weighted by Crippen LogP contribution is 2.56. The van der Waals surface area contributed by atoms with Crippen molar-refractivity contribution in [2.45, 2.75) is 30.6 Å². The van der Waals surface area contributed by atoms with Crippen LogP contribution in [0.3, 0.4) is 0 Å². The standard InChI is InChI=1S/C23H27NO2/c1-24-15-14-23(18-12-13-20(25-2)21(16-18)26-3)19(10-7-11-22(23)24)17-8-5-4-6-9-17/h4-6,8-9,11-13,16,19H,7,10,14-15H2,1-3H3/t19-,23+/m1/s1. The molecule has 4 rings (SSSR count). The number of hydrogen-bond acceptors (Lipinski definition) is 3. The summed E-state index contributed by atoms with van der Waals surface area (Å²) >= 11 is 0. The van der Waals surface area contributed by atoms with Gasteiger partial charge in [-0.05, 0) is 48.4 Å². The minimum Gasteiger partial charge on any atom is -0.493 e. The number of methoxy groups -OCH3 is 2. The summed E-state index contributed by atoms with van der Waals surface area (Å²) in [7, 11) is 5.63. The summed E-state index contributed by atoms with van der Waals surface area (Å²) in [5.74, 6) is 2.08. The van der Waals surface area contributed by atoms with Gasteiger partial charge >= 0.3 is 0 Å². The lowest BCUT2D eigenvalue weighted by Crippen LogP contribution is -2.37. The SMILES string of the molecule is COc1ccc([C@]23CCN(C)C2=CCC[C@@H]3c2ccccc2)cc1OC. The summed E-state index contributed by atoms with van der Waals surface area (Å²) in [5.41, 5.74) is 4.24. The van der Waals surface area contributed by atoms with Crippen molar-refractivity contribution in [1.82, 2.24) is 4.90 Å². The van der Waals surface area contributed by atoms with E-state index in [1.807, 2.05) is 0 Å². The summed E-state index contributed by atoms with van der Waals surface area (Å²) in [5, 5.41) is 0. The molecule has 2 aromatic rings. The van der Waals surface area contributed by atoms with E-state index < -0.39 is 0 Å². The van der Waals surface area contributed by atoms with Crippen molar-refractivity contribution in [3.8, 4) is 11.5 Å². The van der Waals surface area contributed by atoms with Crippen LogP contribution in [0.25, 0.3) is 0 Å². The predicted molar refractivity (Wildman–Crippen MR) is 105 cm³/mol. The third-order valence-electron chi connectivity index (χ3n) is 6.20. The highest BCUT2D eigenvalue weighted by atomic mass is 16.5. The van der Waals surface area contributed by atoms with Gasteiger partial charge in [-0.1, -0.05) is 42.5 Å². The smallest absolute Gasteiger partial charge is 0.161 e. The van der Waals surface area contributed by atoms with Crippen molar-refractivity contribution >= 4 is 0 Å². The van der Waals surface area contributed by atoms with Gasteiger partial charge < -0.3 is 14.4 Å². The van der Waals surface area contributed by atoms with Crippen molar-refractivity contribution < 1.29 is 9.47 Å². The van der Waals surface area contributed by atoms with Gasteiger partial charge in [0.25, 0.3) is 0 Å². The van der Waals surface area contributed by atoms with E-state index in [4.69, 9.17) is 9.47 Å². The van der Waals surface area contributed by atoms with Gasteiger partial charge in [-0.3, -0.25) is 0 Å². The molecule has 1 aliphatic heterocycles. The Bertz CT molecular complexity index is 814. The topological polar surface area (TPSA) is 21.7 Å². The minimum absolute atomic E-state index is 0.00784. The van der Waals surface area contributed by atoms with Gasteiger partial charge in [-0.15, -0.1) is 0 Å². The summed E-state index contributed by atoms with van der Waals surface area (Å²) in [4.78, 5) is 2.44. The minimum atomic E-state index is 0.00784. The van der Waals surface area contributed by atoms with Crippen LogP contribution in [-0.2, 0) is 5.41 Å². The molecule has 2 aromatic carbocycles. The molecule has 0 bridgehead atoms. The molecule has 0 saturated carbocycles. The Hall–Kier alpha value is -2.42. The first-order valence-corrected chi connectivity index (χ1v) is 9.40. The van der Waals surface area contributed by atoms with Crippen molar-refractivity contribution in [3.05, 3.63) is 71.4 Å². The molecule has 2 atom stereocenters. The van der Waals surface area contributed by atoms with Gasteiger partial charge in [0.2, 0.25) is 0 Å². The molecule has 1 heterocycles. The molecule has 3 nitrogen and oxygen atoms in total. The van der Waals surface area contributed by atoms with Crippen LogP contribution >= 0.6 is 0 Å². The van der Waals surface area contributed by atoms with Gasteiger partial charge in [0.1, 0.15) is 0 Å². The number of likely N-dealkylation sites (tertiary alicyclic amines) is 1. The Balaban J connectivity index is 1.90. The molecule has 1 aliphatic carbocycles. The Labute approximate surface area is 156 Å². The van der Waals surface area contributed by atoms with E-state index in [9.17, 15) is 0 Å². The number of rotatable bonds is 4. The van der Waals surface area contributed by atoms with Crippen molar-refractivity contribution in [2.24, 2.45) is 0 Å². The maximum atomic E-state index is 5.62. The van der Waals surface area contributed by atoms with E-state index in [2.05, 4.69) is 66.6 Å². The molecule has 0 spiro atoms. The molecule has 0 amide bonds. The lowest BCUT2D eigenvalue weighted by molar-refractivity contribution is 0.342. The second kappa shape index (κ2) is 6.71. The first-order chi connectivity index (χ1) is 12.7. The van der Waals surface area contributed by atoms with Crippen LogP contribution < -0.4 is 9.47 Å². The molecule has 0 N–H and O–H groups in total. The third kappa shape index (κ3) is 2.49. The third-order valence-corrected chi connectivity index (χ3v) is 6.20. The molecule has 0 radical (unpaired) electrons. The quantitative estimate of drug-likeness (QED) is 0.796. The fraction of sp³-hybridized carbons (Fsp3) is 0.391. The molecule has 2 aliphatic rings. The van der Waals surface area contributed by atoms with E-state index in [-0.39, 0.29) is 5.41 Å². The van der Waals surface area contributed by atoms with Crippen LogP contribution in [0.4, 0.5) is 0 Å². The molecule has 1 saturated heterocycles. The summed E-state index contributed by atoms with van der Waals surface area (Å²) in [6, 6.07) is 17.5. The largest absolute Gasteiger partial charge is 0.493 e. The molecule has 26 heavy (non-hydrogen) atoms. The zero-order valence-electron chi connectivity index (χ0n) is 15.9. The number of benzene rings is 2. The highest BCUT2D eigenvalue weighted by molar-refractivity contribution is 5.52. The van der Waals surface area contributed by atoms with Crippen molar-refractivity contribution in [1.29, 1.82) is 0 Å². The monoisotopic (exact) mass is 349 g/mol. The second-order valence-electron chi connectivity index (χ2n) is 7.34. The van der Waals surface area contributed by atoms with Gasteiger partial charge in [0.15, 0.2) is 11.5 Å². The van der Waals surface area contributed by atoms with E-state index in [0.29, 0.717) is 5.92 Å². The molecule has 0 aromatic heterocycles. The van der Waals surface area contributed by atoms with Gasteiger partial charge in [-0.25, -0.2) is 0 Å². The Morgan fingerprint density at radius 1 is 1.00 bits per heavy atom. The normalized spacial score (nSPS) is 24.8. The van der Waals surface area contributed by atoms with Crippen LogP contribution in [0.1, 0.15) is 36.3 Å². The number of likely N-dealkylation sites (N-methyl/N-ethyl adjacent to an activating group) is 1. The molecule has 0 unspecified atom stereocenters. The molecular weight excluding hydrogens is 322 g/mol. The fourth-order valence-electron chi connectivity index (χ4n) is 5.00. The fourth-order valence-corrected chi connectivity index (χ4v) is 5.00. The maximum absolute atomic E-state index is 5.62. The van der Waals surface area contributed by atoms with Crippen LogP contribution in [0.2, 0.25) is 0 Å². The maximum Gasteiger partial charge on any atom is 0.161 e. The average molecular weight is 349 g/mol. The van der Waals surface area contributed by atoms with E-state index >= 15 is 0 Å². The van der Waals surface area contributed by atoms with Gasteiger partial charge in [0, 0.05) is 24.7 Å². The number of hydrogen-bond donors (Lipinski definition) is 0. The molecule has 1 fully saturated rings. The van der Waals surface area contributed by atoms with Crippen molar-refractivity contribution in [2.75, 3.05) is 27.8 Å². The van der Waals surface area contributed by atoms with Crippen LogP contribution in [-0.4, -0.2) is 32.7 Å². The molecule has 3 heteroatoms. The summed E-state index contributed by atoms with van der Waals surface area (Å²) in [6.07, 6.45) is 5.89. The van der Waals surface area contributed by atoms with E-state index in [1.54, 1.807) is 14.2 Å². The molecular formula is C23H27NO2. The number of nitrogens with zero attached hydrogens (tertiary/aromatic N) is 1. The number of allylic oxidation sites excluding steroid dienone is 2. The first-order valence-electron chi connectivity index (χ1n) is 9.40. The number of fused-ring (bicyclic) bond motifs is 1. The zero-order chi connectivity index (χ0) is 18.1. The predicted octanol–water partition coefficient (Wildman–Crippen LogP) is 4.74. The van der Waals surface area contributed by atoms with Gasteiger partial charge in [-0.2, -0.15) is 0 Å². The van der Waals surface area contributed by atoms with Gasteiger partial charge in [0.05, 0.1) is 14.2 Å². The second-order valence-corrected chi connectivity index (χ2v) is 7.34. The average Bonchev–Trinajstić information content (AvgIpc) is 3.06. The van der Waals surface area contributed by atoms with Crippen LogP contribution in [0.15, 0.2) is 60.3 Å². The Kier molecular flexibility index (Phi) is 4.39. The number of ether oxygens (including phenoxy) is 2. The van der Waals surface area contributed by atoms with E-state index in [1.165, 1.54) is 23.2 Å². The van der Waals surface area contributed by atoms with Crippen LogP contribution in [0, 0.1) is 0 Å². The highest BCUT2D eigenvalue weighted by Gasteiger charge is 2.50. The summed E-state index contributed by atoms with van der Waals surface area (Å²) < 4.78 is 11.1. The zero-order valence-corrected chi connectivity index (χ0v) is 15.9. The Morgan fingerprint density at radius 3 is 2.50 bits per heavy atom. The molecule has 136 valence electrons. The lowest BCUT2D eigenvalue weighted by Gasteiger charge is -2.43. The lowest BCUT2D eigenvalue weighted by atomic mass is 9.61. The van der Waals surface area contributed by atoms with Crippen molar-refractivity contribution in [3.63, 3.8) is 0 Å². The van der Waals surface area contributed by atoms with E-state index in [0.717, 1.165) is 30.9 Å². The van der Waals surface area contributed by atoms with Crippen LogP contribution in [0.5, 0.6) is 11.5 Å². The first kappa shape index (κ1) is 17.0. The summed E-state index contributed by atoms with van der Waals surface area (Å²) in [6.45, 7) is 1.09. The Morgan fingerprint density at radius 2 is 1.77 bits per heavy atom.